The summed E-state index contributed by atoms with van der Waals surface area (Å²) in [5.41, 5.74) is 2.77. The first-order valence-corrected chi connectivity index (χ1v) is 7.36. The summed E-state index contributed by atoms with van der Waals surface area (Å²) in [4.78, 5) is 14.4. The molecule has 0 bridgehead atoms. The van der Waals surface area contributed by atoms with E-state index in [1.165, 1.54) is 11.1 Å². The average Bonchev–Trinajstić information content (AvgIpc) is 3.21. The highest BCUT2D eigenvalue weighted by molar-refractivity contribution is 5.84. The fourth-order valence-corrected chi connectivity index (χ4v) is 3.68. The van der Waals surface area contributed by atoms with Gasteiger partial charge in [-0.3, -0.25) is 4.79 Å². The molecule has 0 aromatic heterocycles. The molecule has 3 unspecified atom stereocenters. The third kappa shape index (κ3) is 2.16. The minimum absolute atomic E-state index is 0.0121. The molecular weight excluding hydrogens is 250 g/mol. The summed E-state index contributed by atoms with van der Waals surface area (Å²) in [5, 5.41) is 9.10. The number of hydrogen-bond acceptors (Lipinski definition) is 2. The van der Waals surface area contributed by atoms with Crippen molar-refractivity contribution in [3.63, 3.8) is 0 Å². The van der Waals surface area contributed by atoms with Gasteiger partial charge in [-0.15, -0.1) is 6.58 Å². The topological polar surface area (TPSA) is 40.5 Å². The lowest BCUT2D eigenvalue weighted by molar-refractivity contribution is -0.133. The first-order valence-electron chi connectivity index (χ1n) is 7.36. The molecule has 2 aliphatic rings. The van der Waals surface area contributed by atoms with Crippen LogP contribution in [0, 0.1) is 11.8 Å². The Balaban J connectivity index is 1.77. The first kappa shape index (κ1) is 13.4. The molecule has 1 N–H and O–H groups in total. The molecule has 0 heterocycles. The minimum Gasteiger partial charge on any atom is -0.395 e. The molecule has 1 aromatic rings. The molecule has 106 valence electrons. The van der Waals surface area contributed by atoms with Crippen molar-refractivity contribution in [3.8, 4) is 0 Å². The van der Waals surface area contributed by atoms with Gasteiger partial charge in [0.05, 0.1) is 6.61 Å². The van der Waals surface area contributed by atoms with Gasteiger partial charge in [-0.1, -0.05) is 30.3 Å². The lowest BCUT2D eigenvalue weighted by Crippen LogP contribution is -2.35. The Bertz CT molecular complexity index is 525. The summed E-state index contributed by atoms with van der Waals surface area (Å²) < 4.78 is 0. The maximum absolute atomic E-state index is 12.6. The molecule has 1 aromatic carbocycles. The van der Waals surface area contributed by atoms with Crippen LogP contribution in [-0.4, -0.2) is 35.6 Å². The lowest BCUT2D eigenvalue weighted by atomic mass is 9.92. The quantitative estimate of drug-likeness (QED) is 0.832. The van der Waals surface area contributed by atoms with Gasteiger partial charge in [0.1, 0.15) is 0 Å². The monoisotopic (exact) mass is 271 g/mol. The van der Waals surface area contributed by atoms with Crippen LogP contribution in [0.1, 0.15) is 23.5 Å². The fourth-order valence-electron chi connectivity index (χ4n) is 3.68. The number of amides is 1. The van der Waals surface area contributed by atoms with E-state index in [2.05, 4.69) is 30.8 Å². The summed E-state index contributed by atoms with van der Waals surface area (Å²) in [6.45, 7) is 4.64. The van der Waals surface area contributed by atoms with Gasteiger partial charge in [0, 0.05) is 19.0 Å². The summed E-state index contributed by atoms with van der Waals surface area (Å²) >= 11 is 0. The zero-order chi connectivity index (χ0) is 14.1. The Morgan fingerprint density at radius 1 is 1.45 bits per heavy atom. The van der Waals surface area contributed by atoms with Gasteiger partial charge < -0.3 is 10.0 Å². The second-order valence-corrected chi connectivity index (χ2v) is 5.75. The van der Waals surface area contributed by atoms with E-state index in [0.29, 0.717) is 24.9 Å². The molecule has 3 rings (SSSR count). The predicted octanol–water partition coefficient (Wildman–Crippen LogP) is 1.97. The average molecular weight is 271 g/mol. The Hall–Kier alpha value is -1.61. The van der Waals surface area contributed by atoms with Crippen molar-refractivity contribution >= 4 is 5.91 Å². The normalized spacial score (nSPS) is 26.4. The molecule has 3 heteroatoms. The van der Waals surface area contributed by atoms with Crippen LogP contribution in [0.5, 0.6) is 0 Å². The summed E-state index contributed by atoms with van der Waals surface area (Å²) in [7, 11) is 0. The van der Waals surface area contributed by atoms with Gasteiger partial charge >= 0.3 is 0 Å². The number of carbonyl (C=O) groups excluding carboxylic acids is 1. The van der Waals surface area contributed by atoms with E-state index >= 15 is 0 Å². The van der Waals surface area contributed by atoms with E-state index in [9.17, 15) is 4.79 Å². The molecule has 1 fully saturated rings. The van der Waals surface area contributed by atoms with Crippen molar-refractivity contribution in [2.45, 2.75) is 18.8 Å². The molecular formula is C17H21NO2. The number of hydrogen-bond donors (Lipinski definition) is 1. The maximum atomic E-state index is 12.6. The first-order chi connectivity index (χ1) is 9.77. The van der Waals surface area contributed by atoms with Gasteiger partial charge in [0.15, 0.2) is 0 Å². The summed E-state index contributed by atoms with van der Waals surface area (Å²) in [5.74, 6) is 1.21. The van der Waals surface area contributed by atoms with E-state index in [4.69, 9.17) is 5.11 Å². The number of aliphatic hydroxyl groups is 1. The smallest absolute Gasteiger partial charge is 0.226 e. The standard InChI is InChI=1S/C17H21NO2/c1-2-9-18(10-11-19)17(20)16-14-8-7-12-5-3-4-6-13(12)15(14)16/h2-6,14-16,19H,1,7-11H2. The van der Waals surface area contributed by atoms with Gasteiger partial charge in [-0.05, 0) is 35.8 Å². The summed E-state index contributed by atoms with van der Waals surface area (Å²) in [6.07, 6.45) is 3.93. The maximum Gasteiger partial charge on any atom is 0.226 e. The van der Waals surface area contributed by atoms with Crippen LogP contribution in [0.15, 0.2) is 36.9 Å². The van der Waals surface area contributed by atoms with Crippen LogP contribution in [0.25, 0.3) is 0 Å². The molecule has 0 spiro atoms. The molecule has 1 saturated carbocycles. The van der Waals surface area contributed by atoms with Gasteiger partial charge in [-0.25, -0.2) is 0 Å². The van der Waals surface area contributed by atoms with Gasteiger partial charge in [0.2, 0.25) is 5.91 Å². The van der Waals surface area contributed by atoms with E-state index in [0.717, 1.165) is 12.8 Å². The molecule has 20 heavy (non-hydrogen) atoms. The van der Waals surface area contributed by atoms with Crippen molar-refractivity contribution in [2.75, 3.05) is 19.7 Å². The number of fused-ring (bicyclic) bond motifs is 3. The van der Waals surface area contributed by atoms with Crippen molar-refractivity contribution in [1.82, 2.24) is 4.90 Å². The Kier molecular flexibility index (Phi) is 3.62. The molecule has 0 aliphatic heterocycles. The molecule has 3 atom stereocenters. The number of aliphatic hydroxyl groups excluding tert-OH is 1. The molecule has 1 amide bonds. The van der Waals surface area contributed by atoms with Crippen LogP contribution in [0.2, 0.25) is 0 Å². The number of carbonyl (C=O) groups is 1. The Morgan fingerprint density at radius 3 is 3.00 bits per heavy atom. The number of benzene rings is 1. The van der Waals surface area contributed by atoms with Crippen molar-refractivity contribution in [3.05, 3.63) is 48.0 Å². The second-order valence-electron chi connectivity index (χ2n) is 5.75. The lowest BCUT2D eigenvalue weighted by Gasteiger charge is -2.20. The molecule has 0 radical (unpaired) electrons. The predicted molar refractivity (Wildman–Crippen MR) is 78.3 cm³/mol. The van der Waals surface area contributed by atoms with Crippen LogP contribution in [0.4, 0.5) is 0 Å². The van der Waals surface area contributed by atoms with Crippen LogP contribution >= 0.6 is 0 Å². The largest absolute Gasteiger partial charge is 0.395 e. The third-order valence-corrected chi connectivity index (χ3v) is 4.65. The summed E-state index contributed by atoms with van der Waals surface area (Å²) in [6, 6.07) is 8.49. The fraction of sp³-hybridized carbons (Fsp3) is 0.471. The van der Waals surface area contributed by atoms with Crippen LogP contribution in [-0.2, 0) is 11.2 Å². The van der Waals surface area contributed by atoms with Gasteiger partial charge in [-0.2, -0.15) is 0 Å². The zero-order valence-electron chi connectivity index (χ0n) is 11.7. The Morgan fingerprint density at radius 2 is 2.25 bits per heavy atom. The van der Waals surface area contributed by atoms with Crippen molar-refractivity contribution < 1.29 is 9.90 Å². The second kappa shape index (κ2) is 5.41. The van der Waals surface area contributed by atoms with E-state index < -0.39 is 0 Å². The number of rotatable bonds is 5. The SMILES string of the molecule is C=CCN(CCO)C(=O)C1C2CCc3ccccc3C21. The molecule has 0 saturated heterocycles. The highest BCUT2D eigenvalue weighted by Crippen LogP contribution is 2.60. The van der Waals surface area contributed by atoms with E-state index in [-0.39, 0.29) is 18.4 Å². The van der Waals surface area contributed by atoms with Crippen LogP contribution in [0.3, 0.4) is 0 Å². The van der Waals surface area contributed by atoms with Gasteiger partial charge in [0.25, 0.3) is 0 Å². The molecule has 2 aliphatic carbocycles. The van der Waals surface area contributed by atoms with E-state index in [1.54, 1.807) is 11.0 Å². The third-order valence-electron chi connectivity index (χ3n) is 4.65. The number of nitrogens with zero attached hydrogens (tertiary/aromatic N) is 1. The van der Waals surface area contributed by atoms with E-state index in [1.807, 2.05) is 0 Å². The molecule has 3 nitrogen and oxygen atoms in total. The zero-order valence-corrected chi connectivity index (χ0v) is 11.7. The Labute approximate surface area is 119 Å². The van der Waals surface area contributed by atoms with Crippen molar-refractivity contribution in [2.24, 2.45) is 11.8 Å². The van der Waals surface area contributed by atoms with Crippen LogP contribution < -0.4 is 0 Å². The minimum atomic E-state index is 0.0121. The highest BCUT2D eigenvalue weighted by Gasteiger charge is 2.57. The number of aryl methyl sites for hydroxylation is 1. The highest BCUT2D eigenvalue weighted by atomic mass is 16.3. The van der Waals surface area contributed by atoms with Crippen molar-refractivity contribution in [1.29, 1.82) is 0 Å².